The van der Waals surface area contributed by atoms with Gasteiger partial charge < -0.3 is 5.11 Å². The van der Waals surface area contributed by atoms with Gasteiger partial charge in [0.1, 0.15) is 0 Å². The molecule has 0 bridgehead atoms. The maximum atomic E-state index is 11.4. The number of rotatable bonds is 1. The summed E-state index contributed by atoms with van der Waals surface area (Å²) in [4.78, 5) is 11.4. The van der Waals surface area contributed by atoms with Crippen molar-refractivity contribution in [3.63, 3.8) is 0 Å². The van der Waals surface area contributed by atoms with Crippen LogP contribution in [0.3, 0.4) is 0 Å². The van der Waals surface area contributed by atoms with E-state index in [-0.39, 0.29) is 16.4 Å². The van der Waals surface area contributed by atoms with E-state index in [1.54, 1.807) is 6.07 Å². The van der Waals surface area contributed by atoms with Crippen molar-refractivity contribution < 1.29 is 5.11 Å². The van der Waals surface area contributed by atoms with E-state index in [0.717, 1.165) is 17.7 Å². The lowest BCUT2D eigenvalue weighted by molar-refractivity contribution is 0.455. The predicted octanol–water partition coefficient (Wildman–Crippen LogP) is 2.57. The third-order valence-electron chi connectivity index (χ3n) is 2.84. The van der Waals surface area contributed by atoms with E-state index in [1.165, 1.54) is 6.07 Å². The lowest BCUT2D eigenvalue weighted by Crippen LogP contribution is -2.03. The van der Waals surface area contributed by atoms with E-state index in [0.29, 0.717) is 5.92 Å². The maximum absolute atomic E-state index is 11.4. The molecule has 1 fully saturated rings. The Morgan fingerprint density at radius 3 is 2.80 bits per heavy atom. The third kappa shape index (κ3) is 2.02. The van der Waals surface area contributed by atoms with E-state index < -0.39 is 0 Å². The van der Waals surface area contributed by atoms with Crippen LogP contribution in [-0.4, -0.2) is 10.9 Å². The Morgan fingerprint density at radius 1 is 1.40 bits per heavy atom. The lowest BCUT2D eigenvalue weighted by atomic mass is 9.99. The van der Waals surface area contributed by atoms with Crippen molar-refractivity contribution >= 4 is 11.8 Å². The van der Waals surface area contributed by atoms with Crippen LogP contribution in [-0.2, 0) is 0 Å². The first-order valence-electron chi connectivity index (χ1n) is 5.14. The summed E-state index contributed by atoms with van der Waals surface area (Å²) in [6.07, 6.45) is 1.15. The van der Waals surface area contributed by atoms with Crippen LogP contribution in [0, 0.1) is 5.92 Å². The van der Waals surface area contributed by atoms with E-state index in [2.05, 4.69) is 6.92 Å². The summed E-state index contributed by atoms with van der Waals surface area (Å²) in [5.74, 6) is 1.56. The van der Waals surface area contributed by atoms with Crippen molar-refractivity contribution in [1.29, 1.82) is 0 Å². The average molecular weight is 222 g/mol. The summed E-state index contributed by atoms with van der Waals surface area (Å²) < 4.78 is 0. The fourth-order valence-electron chi connectivity index (χ4n) is 1.92. The molecule has 1 N–H and O–H groups in total. The molecule has 2 nitrogen and oxygen atoms in total. The lowest BCUT2D eigenvalue weighted by Gasteiger charge is -2.14. The van der Waals surface area contributed by atoms with E-state index >= 15 is 0 Å². The molecule has 2 atom stereocenters. The molecule has 0 spiro atoms. The number of hydrogen-bond acceptors (Lipinski definition) is 3. The van der Waals surface area contributed by atoms with Crippen LogP contribution in [0.1, 0.15) is 24.2 Å². The molecule has 2 unspecified atom stereocenters. The van der Waals surface area contributed by atoms with Gasteiger partial charge in [-0.15, -0.1) is 0 Å². The Kier molecular flexibility index (Phi) is 3.00. The van der Waals surface area contributed by atoms with Crippen LogP contribution in [0.15, 0.2) is 29.1 Å². The van der Waals surface area contributed by atoms with Crippen molar-refractivity contribution in [1.82, 2.24) is 0 Å². The molecule has 1 aromatic carbocycles. The molecular weight excluding hydrogens is 208 g/mol. The van der Waals surface area contributed by atoms with Crippen molar-refractivity contribution in [3.05, 3.63) is 40.1 Å². The largest absolute Gasteiger partial charge is 0.504 e. The van der Waals surface area contributed by atoms with Gasteiger partial charge in [0.05, 0.1) is 0 Å². The fourth-order valence-corrected chi connectivity index (χ4v) is 3.52. The van der Waals surface area contributed by atoms with Crippen LogP contribution in [0.4, 0.5) is 0 Å². The summed E-state index contributed by atoms with van der Waals surface area (Å²) in [7, 11) is 0. The Labute approximate surface area is 93.3 Å². The molecule has 0 aromatic heterocycles. The average Bonchev–Trinajstić information content (AvgIpc) is 2.56. The zero-order valence-electron chi connectivity index (χ0n) is 8.64. The van der Waals surface area contributed by atoms with Crippen LogP contribution in [0.25, 0.3) is 0 Å². The second-order valence-electron chi connectivity index (χ2n) is 3.94. The molecule has 80 valence electrons. The van der Waals surface area contributed by atoms with Gasteiger partial charge in [-0.05, 0) is 24.2 Å². The summed E-state index contributed by atoms with van der Waals surface area (Å²) in [6, 6.07) is 6.76. The van der Waals surface area contributed by atoms with E-state index in [9.17, 15) is 9.90 Å². The summed E-state index contributed by atoms with van der Waals surface area (Å²) in [5, 5.41) is 10.1. The first kappa shape index (κ1) is 10.6. The molecule has 1 aromatic rings. The molecule has 1 aliphatic heterocycles. The standard InChI is InChI=1S/C12H14O2S/c1-8-6-7-15-12(8)9-4-2-3-5-10(13)11(9)14/h2-5,8,12H,6-7H2,1H3,(H,13,14). The molecule has 15 heavy (non-hydrogen) atoms. The van der Waals surface area contributed by atoms with Gasteiger partial charge >= 0.3 is 0 Å². The zero-order valence-corrected chi connectivity index (χ0v) is 9.46. The second kappa shape index (κ2) is 4.27. The second-order valence-corrected chi connectivity index (χ2v) is 5.19. The Morgan fingerprint density at radius 2 is 2.13 bits per heavy atom. The van der Waals surface area contributed by atoms with E-state index in [1.807, 2.05) is 23.9 Å². The molecular formula is C12H14O2S. The fraction of sp³-hybridized carbons (Fsp3) is 0.417. The van der Waals surface area contributed by atoms with Gasteiger partial charge in [0.2, 0.25) is 5.43 Å². The highest BCUT2D eigenvalue weighted by atomic mass is 32.2. The van der Waals surface area contributed by atoms with Gasteiger partial charge in [0, 0.05) is 10.8 Å². The minimum atomic E-state index is -0.283. The van der Waals surface area contributed by atoms with Crippen LogP contribution < -0.4 is 5.43 Å². The third-order valence-corrected chi connectivity index (χ3v) is 4.38. The smallest absolute Gasteiger partial charge is 0.220 e. The molecule has 1 heterocycles. The number of aromatic hydroxyl groups is 1. The zero-order chi connectivity index (χ0) is 10.8. The molecule has 0 radical (unpaired) electrons. The minimum Gasteiger partial charge on any atom is -0.504 e. The van der Waals surface area contributed by atoms with Crippen LogP contribution >= 0.6 is 11.8 Å². The molecule has 3 heteroatoms. The topological polar surface area (TPSA) is 37.3 Å². The van der Waals surface area contributed by atoms with E-state index in [4.69, 9.17) is 0 Å². The minimum absolute atomic E-state index is 0.0775. The molecule has 0 amide bonds. The van der Waals surface area contributed by atoms with Crippen LogP contribution in [0.2, 0.25) is 0 Å². The number of thioether (sulfide) groups is 1. The van der Waals surface area contributed by atoms with Crippen molar-refractivity contribution in [2.45, 2.75) is 18.6 Å². The highest BCUT2D eigenvalue weighted by Gasteiger charge is 2.27. The summed E-state index contributed by atoms with van der Waals surface area (Å²) in [6.45, 7) is 2.17. The van der Waals surface area contributed by atoms with Gasteiger partial charge in [0.15, 0.2) is 5.75 Å². The molecule has 0 saturated carbocycles. The number of hydrogen-bond donors (Lipinski definition) is 1. The molecule has 1 saturated heterocycles. The van der Waals surface area contributed by atoms with Gasteiger partial charge in [-0.3, -0.25) is 4.79 Å². The van der Waals surface area contributed by atoms with Gasteiger partial charge in [-0.25, -0.2) is 0 Å². The van der Waals surface area contributed by atoms with Gasteiger partial charge in [0.25, 0.3) is 0 Å². The maximum Gasteiger partial charge on any atom is 0.220 e. The highest BCUT2D eigenvalue weighted by molar-refractivity contribution is 7.99. The first-order chi connectivity index (χ1) is 7.20. The van der Waals surface area contributed by atoms with Gasteiger partial charge in [-0.2, -0.15) is 11.8 Å². The predicted molar refractivity (Wildman–Crippen MR) is 63.4 cm³/mol. The first-order valence-corrected chi connectivity index (χ1v) is 6.19. The summed E-state index contributed by atoms with van der Waals surface area (Å²) in [5.41, 5.74) is 0.509. The Bertz CT molecular complexity index is 417. The Hall–Kier alpha value is -0.960. The Balaban J connectivity index is 2.49. The van der Waals surface area contributed by atoms with Crippen molar-refractivity contribution in [3.8, 4) is 5.75 Å². The van der Waals surface area contributed by atoms with Crippen LogP contribution in [0.5, 0.6) is 5.75 Å². The normalized spacial score (nSPS) is 25.4. The monoisotopic (exact) mass is 222 g/mol. The van der Waals surface area contributed by atoms with Gasteiger partial charge in [-0.1, -0.05) is 25.1 Å². The molecule has 1 aliphatic rings. The van der Waals surface area contributed by atoms with Crippen molar-refractivity contribution in [2.75, 3.05) is 5.75 Å². The molecule has 2 rings (SSSR count). The summed E-state index contributed by atoms with van der Waals surface area (Å²) >= 11 is 1.82. The SMILES string of the molecule is CC1CCSC1c1ccccc(=O)c1O. The van der Waals surface area contributed by atoms with Crippen molar-refractivity contribution in [2.24, 2.45) is 5.92 Å². The highest BCUT2D eigenvalue weighted by Crippen LogP contribution is 2.45. The quantitative estimate of drug-likeness (QED) is 0.793. The molecule has 0 aliphatic carbocycles.